The fourth-order valence-corrected chi connectivity index (χ4v) is 6.99. The lowest BCUT2D eigenvalue weighted by Gasteiger charge is -2.34. The van der Waals surface area contributed by atoms with Gasteiger partial charge in [0.25, 0.3) is 0 Å². The first-order chi connectivity index (χ1) is 22.6. The van der Waals surface area contributed by atoms with Gasteiger partial charge in [0, 0.05) is 17.5 Å². The number of nitrogens with two attached hydrogens (primary N) is 2. The molecule has 0 radical (unpaired) electrons. The second-order valence-corrected chi connectivity index (χ2v) is 16.9. The molecule has 0 spiro atoms. The van der Waals surface area contributed by atoms with Crippen molar-refractivity contribution >= 4 is 34.1 Å². The normalized spacial score (nSPS) is 13.1. The quantitative estimate of drug-likeness (QED) is 0.0989. The number of nitrogens with zero attached hydrogens (tertiary/aromatic N) is 4. The van der Waals surface area contributed by atoms with Crippen LogP contribution in [-0.4, -0.2) is 10.2 Å². The van der Waals surface area contributed by atoms with Crippen LogP contribution >= 0.6 is 0 Å². The number of anilines is 2. The molecule has 8 heteroatoms. The van der Waals surface area contributed by atoms with Crippen LogP contribution in [0.1, 0.15) is 104 Å². The van der Waals surface area contributed by atoms with Crippen LogP contribution in [0.15, 0.2) is 93.3 Å². The second kappa shape index (κ2) is 14.0. The van der Waals surface area contributed by atoms with Gasteiger partial charge in [-0.25, -0.2) is 0 Å². The smallest absolute Gasteiger partial charge is 0.146 e. The Bertz CT molecular complexity index is 1720. The molecule has 0 aliphatic rings. The van der Waals surface area contributed by atoms with Crippen molar-refractivity contribution in [1.82, 2.24) is 0 Å². The molecule has 4 aromatic rings. The standard InChI is InChI=1S/C41H54N6O2/c1-38(2,3)24-40(7,8)28-20-26(36(48)34(22-28)46-44-32-17-13-11-15-30(32)42)19-27-21-29(41(9,10)25-39(4,5)6)23-35(37(27)49)47-45-33-18-14-12-16-31(33)43/h11-18,20-23,48-49H,19,24-25,42-43H2,1-10H3. The summed E-state index contributed by atoms with van der Waals surface area (Å²) in [5.41, 5.74) is 17.8. The van der Waals surface area contributed by atoms with Crippen LogP contribution in [0.5, 0.6) is 11.5 Å². The van der Waals surface area contributed by atoms with Gasteiger partial charge in [-0.05, 0) is 82.0 Å². The van der Waals surface area contributed by atoms with Crippen molar-refractivity contribution in [3.8, 4) is 11.5 Å². The Labute approximate surface area is 292 Å². The largest absolute Gasteiger partial charge is 0.505 e. The van der Waals surface area contributed by atoms with Gasteiger partial charge in [-0.2, -0.15) is 0 Å². The van der Waals surface area contributed by atoms with Gasteiger partial charge in [0.05, 0.1) is 11.4 Å². The van der Waals surface area contributed by atoms with Crippen molar-refractivity contribution < 1.29 is 10.2 Å². The maximum Gasteiger partial charge on any atom is 0.146 e. The number of phenolic OH excluding ortho intramolecular Hbond substituents is 2. The molecule has 0 saturated heterocycles. The van der Waals surface area contributed by atoms with E-state index in [2.05, 4.69) is 89.7 Å². The van der Waals surface area contributed by atoms with Gasteiger partial charge in [-0.3, -0.25) is 0 Å². The first-order valence-corrected chi connectivity index (χ1v) is 16.9. The van der Waals surface area contributed by atoms with Crippen molar-refractivity contribution in [2.24, 2.45) is 31.3 Å². The number of hydrogen-bond acceptors (Lipinski definition) is 8. The lowest BCUT2D eigenvalue weighted by Crippen LogP contribution is -2.25. The number of phenols is 2. The van der Waals surface area contributed by atoms with E-state index in [9.17, 15) is 10.2 Å². The number of para-hydroxylation sites is 2. The molecule has 260 valence electrons. The van der Waals surface area contributed by atoms with Crippen molar-refractivity contribution in [2.45, 2.75) is 99.3 Å². The minimum absolute atomic E-state index is 0.00690. The summed E-state index contributed by atoms with van der Waals surface area (Å²) in [7, 11) is 0. The fourth-order valence-electron chi connectivity index (χ4n) is 6.99. The van der Waals surface area contributed by atoms with Crippen LogP contribution in [0, 0.1) is 10.8 Å². The SMILES string of the molecule is CC(C)(C)CC(C)(C)c1cc(Cc2cc(C(C)(C)CC(C)(C)C)cc(N=Nc3ccccc3N)c2O)c(O)c(N=Nc2ccccc2N)c1. The molecule has 6 N–H and O–H groups in total. The highest BCUT2D eigenvalue weighted by molar-refractivity contribution is 5.66. The Kier molecular flexibility index (Phi) is 10.6. The first-order valence-electron chi connectivity index (χ1n) is 16.9. The lowest BCUT2D eigenvalue weighted by atomic mass is 9.71. The zero-order valence-corrected chi connectivity index (χ0v) is 30.9. The molecule has 0 aliphatic carbocycles. The number of rotatable bonds is 10. The van der Waals surface area contributed by atoms with Gasteiger partial charge in [-0.1, -0.05) is 106 Å². The molecular weight excluding hydrogens is 608 g/mol. The number of aromatic hydroxyl groups is 2. The Morgan fingerprint density at radius 3 is 1.14 bits per heavy atom. The van der Waals surface area contributed by atoms with Crippen LogP contribution in [0.3, 0.4) is 0 Å². The highest BCUT2D eigenvalue weighted by atomic mass is 16.3. The minimum Gasteiger partial charge on any atom is -0.505 e. The Balaban J connectivity index is 1.91. The Hall–Kier alpha value is -4.72. The maximum atomic E-state index is 11.7. The third kappa shape index (κ3) is 9.68. The van der Waals surface area contributed by atoms with E-state index in [0.717, 1.165) is 24.0 Å². The third-order valence-electron chi connectivity index (χ3n) is 8.63. The molecule has 4 rings (SSSR count). The molecule has 0 fully saturated rings. The highest BCUT2D eigenvalue weighted by Crippen LogP contribution is 2.46. The van der Waals surface area contributed by atoms with E-state index in [1.54, 1.807) is 24.3 Å². The summed E-state index contributed by atoms with van der Waals surface area (Å²) in [6, 6.07) is 22.3. The fraction of sp³-hybridized carbons (Fsp3) is 0.415. The van der Waals surface area contributed by atoms with E-state index in [-0.39, 0.29) is 39.6 Å². The van der Waals surface area contributed by atoms with Gasteiger partial charge < -0.3 is 21.7 Å². The second-order valence-electron chi connectivity index (χ2n) is 16.9. The predicted molar refractivity (Wildman–Crippen MR) is 203 cm³/mol. The first kappa shape index (κ1) is 37.1. The Morgan fingerprint density at radius 1 is 0.490 bits per heavy atom. The van der Waals surface area contributed by atoms with Crippen LogP contribution in [0.25, 0.3) is 0 Å². The van der Waals surface area contributed by atoms with Crippen molar-refractivity contribution in [2.75, 3.05) is 11.5 Å². The summed E-state index contributed by atoms with van der Waals surface area (Å²) in [5, 5.41) is 41.3. The molecule has 8 nitrogen and oxygen atoms in total. The zero-order chi connectivity index (χ0) is 36.4. The van der Waals surface area contributed by atoms with Crippen molar-refractivity contribution in [3.63, 3.8) is 0 Å². The monoisotopic (exact) mass is 662 g/mol. The van der Waals surface area contributed by atoms with Crippen LogP contribution < -0.4 is 11.5 Å². The van der Waals surface area contributed by atoms with Gasteiger partial charge in [0.2, 0.25) is 0 Å². The molecule has 0 saturated carbocycles. The summed E-state index contributed by atoms with van der Waals surface area (Å²) < 4.78 is 0. The molecule has 4 aromatic carbocycles. The molecule has 0 bridgehead atoms. The van der Waals surface area contributed by atoms with Crippen LogP contribution in [0.2, 0.25) is 0 Å². The predicted octanol–water partition coefficient (Wildman–Crippen LogP) is 12.1. The summed E-state index contributed by atoms with van der Waals surface area (Å²) >= 11 is 0. The van der Waals surface area contributed by atoms with Crippen LogP contribution in [-0.2, 0) is 17.3 Å². The summed E-state index contributed by atoms with van der Waals surface area (Å²) in [6.45, 7) is 22.1. The molecule has 0 aliphatic heterocycles. The average Bonchev–Trinajstić information content (AvgIpc) is 2.96. The molecular formula is C41H54N6O2. The topological polar surface area (TPSA) is 142 Å². The van der Waals surface area contributed by atoms with Gasteiger partial charge in [0.1, 0.15) is 34.2 Å². The maximum absolute atomic E-state index is 11.7. The average molecular weight is 663 g/mol. The van der Waals surface area contributed by atoms with E-state index in [1.165, 1.54) is 0 Å². The molecule has 0 unspecified atom stereocenters. The third-order valence-corrected chi connectivity index (χ3v) is 8.63. The molecule has 49 heavy (non-hydrogen) atoms. The number of azo groups is 2. The highest BCUT2D eigenvalue weighted by Gasteiger charge is 2.31. The van der Waals surface area contributed by atoms with E-state index in [4.69, 9.17) is 11.5 Å². The molecule has 0 amide bonds. The van der Waals surface area contributed by atoms with E-state index < -0.39 is 0 Å². The molecule has 0 atom stereocenters. The number of hydrogen-bond donors (Lipinski definition) is 4. The lowest BCUT2D eigenvalue weighted by molar-refractivity contribution is 0.283. The van der Waals surface area contributed by atoms with E-state index in [1.807, 2.05) is 48.5 Å². The van der Waals surface area contributed by atoms with Gasteiger partial charge >= 0.3 is 0 Å². The molecule has 0 aromatic heterocycles. The summed E-state index contributed by atoms with van der Waals surface area (Å²) in [5.74, 6) is -0.0138. The van der Waals surface area contributed by atoms with Crippen molar-refractivity contribution in [1.29, 1.82) is 0 Å². The Morgan fingerprint density at radius 2 is 0.816 bits per heavy atom. The van der Waals surface area contributed by atoms with Crippen molar-refractivity contribution in [3.05, 3.63) is 95.1 Å². The number of nitrogen functional groups attached to an aromatic ring is 2. The minimum atomic E-state index is -0.260. The zero-order valence-electron chi connectivity index (χ0n) is 30.9. The van der Waals surface area contributed by atoms with E-state index >= 15 is 0 Å². The summed E-state index contributed by atoms with van der Waals surface area (Å²) in [4.78, 5) is 0. The summed E-state index contributed by atoms with van der Waals surface area (Å²) in [6.07, 6.45) is 2.01. The van der Waals surface area contributed by atoms with E-state index in [0.29, 0.717) is 45.3 Å². The van der Waals surface area contributed by atoms with Gasteiger partial charge in [-0.15, -0.1) is 20.5 Å². The van der Waals surface area contributed by atoms with Crippen LogP contribution in [0.4, 0.5) is 34.1 Å². The molecule has 0 heterocycles. The number of benzene rings is 4. The van der Waals surface area contributed by atoms with Gasteiger partial charge in [0.15, 0.2) is 0 Å².